The number of amides is 1. The van der Waals surface area contributed by atoms with Crippen LogP contribution in [0, 0.1) is 0 Å². The van der Waals surface area contributed by atoms with E-state index in [2.05, 4.69) is 11.9 Å². The van der Waals surface area contributed by atoms with Crippen LogP contribution in [0.15, 0.2) is 60.0 Å². The van der Waals surface area contributed by atoms with Crippen LogP contribution in [0.5, 0.6) is 5.75 Å². The van der Waals surface area contributed by atoms with Crippen molar-refractivity contribution < 1.29 is 9.53 Å². The average molecular weight is 487 g/mol. The normalized spacial score (nSPS) is 11.1. The number of nitrogens with zero attached hydrogens (tertiary/aromatic N) is 4. The van der Waals surface area contributed by atoms with Gasteiger partial charge in [-0.2, -0.15) is 0 Å². The van der Waals surface area contributed by atoms with Crippen molar-refractivity contribution in [2.24, 2.45) is 0 Å². The first-order chi connectivity index (χ1) is 15.6. The minimum atomic E-state index is -0.0853. The molecule has 0 atom stereocenters. The van der Waals surface area contributed by atoms with E-state index in [9.17, 15) is 4.79 Å². The summed E-state index contributed by atoms with van der Waals surface area (Å²) in [5, 5.41) is 1.20. The molecular formula is C23H23ClN4O2S2. The van der Waals surface area contributed by atoms with Gasteiger partial charge in [0, 0.05) is 35.9 Å². The molecule has 0 spiro atoms. The fraction of sp³-hybridized carbons (Fsp3) is 0.261. The number of carbonyl (C=O) groups excluding carboxylic acids is 1. The van der Waals surface area contributed by atoms with Gasteiger partial charge < -0.3 is 9.30 Å². The molecule has 0 unspecified atom stereocenters. The lowest BCUT2D eigenvalue weighted by Gasteiger charge is -2.20. The van der Waals surface area contributed by atoms with Crippen molar-refractivity contribution in [1.82, 2.24) is 14.5 Å². The molecule has 6 nitrogen and oxygen atoms in total. The van der Waals surface area contributed by atoms with Crippen LogP contribution in [0.4, 0.5) is 5.13 Å². The van der Waals surface area contributed by atoms with Gasteiger partial charge in [0.05, 0.1) is 23.2 Å². The standard InChI is InChI=1S/C23H23ClN4O2S2/c1-3-31-17-7-5-16(6-8-17)22(29)28(13-4-12-27-14-11-25-15-27)23-26-20-19(30-2)10-9-18(24)21(20)32-23/h5-11,14-15H,3-4,12-13H2,1-2H3. The number of hydrogen-bond acceptors (Lipinski definition) is 6. The maximum absolute atomic E-state index is 13.5. The zero-order valence-corrected chi connectivity index (χ0v) is 20.2. The predicted octanol–water partition coefficient (Wildman–Crippen LogP) is 6.00. The zero-order valence-electron chi connectivity index (χ0n) is 17.8. The van der Waals surface area contributed by atoms with E-state index in [4.69, 9.17) is 21.3 Å². The van der Waals surface area contributed by atoms with Gasteiger partial charge >= 0.3 is 0 Å². The monoisotopic (exact) mass is 486 g/mol. The smallest absolute Gasteiger partial charge is 0.260 e. The van der Waals surface area contributed by atoms with Crippen molar-refractivity contribution in [2.75, 3.05) is 24.3 Å². The van der Waals surface area contributed by atoms with Crippen molar-refractivity contribution >= 4 is 56.0 Å². The molecule has 0 saturated carbocycles. The highest BCUT2D eigenvalue weighted by molar-refractivity contribution is 7.99. The number of thiazole rings is 1. The van der Waals surface area contributed by atoms with E-state index in [-0.39, 0.29) is 5.91 Å². The molecule has 2 aromatic heterocycles. The number of benzene rings is 2. The Hall–Kier alpha value is -2.55. The van der Waals surface area contributed by atoms with Gasteiger partial charge in [-0.1, -0.05) is 29.9 Å². The summed E-state index contributed by atoms with van der Waals surface area (Å²) in [7, 11) is 1.60. The first kappa shape index (κ1) is 22.6. The lowest BCUT2D eigenvalue weighted by molar-refractivity contribution is 0.0986. The minimum Gasteiger partial charge on any atom is -0.494 e. The molecule has 1 amide bonds. The highest BCUT2D eigenvalue weighted by Gasteiger charge is 2.23. The lowest BCUT2D eigenvalue weighted by atomic mass is 10.2. The van der Waals surface area contributed by atoms with Crippen LogP contribution in [0.25, 0.3) is 10.2 Å². The number of methoxy groups -OCH3 is 1. The topological polar surface area (TPSA) is 60.2 Å². The van der Waals surface area contributed by atoms with Crippen LogP contribution >= 0.6 is 34.7 Å². The number of aromatic nitrogens is 3. The van der Waals surface area contributed by atoms with E-state index in [1.54, 1.807) is 48.4 Å². The van der Waals surface area contributed by atoms with Crippen molar-refractivity contribution in [1.29, 1.82) is 0 Å². The molecule has 9 heteroatoms. The molecule has 0 bridgehead atoms. The number of halogens is 1. The van der Waals surface area contributed by atoms with Crippen LogP contribution < -0.4 is 9.64 Å². The Bertz CT molecular complexity index is 1190. The second kappa shape index (κ2) is 10.4. The van der Waals surface area contributed by atoms with Gasteiger partial charge in [0.15, 0.2) is 5.13 Å². The second-order valence-corrected chi connectivity index (χ2v) is 9.71. The summed E-state index contributed by atoms with van der Waals surface area (Å²) in [4.78, 5) is 25.2. The summed E-state index contributed by atoms with van der Waals surface area (Å²) in [5.74, 6) is 1.54. The first-order valence-electron chi connectivity index (χ1n) is 10.2. The number of rotatable bonds is 9. The van der Waals surface area contributed by atoms with Gasteiger partial charge in [-0.05, 0) is 48.6 Å². The Morgan fingerprint density at radius 3 is 2.75 bits per heavy atom. The van der Waals surface area contributed by atoms with Gasteiger partial charge in [-0.25, -0.2) is 9.97 Å². The third kappa shape index (κ3) is 4.92. The molecular weight excluding hydrogens is 464 g/mol. The summed E-state index contributed by atoms with van der Waals surface area (Å²) in [6.07, 6.45) is 6.20. The fourth-order valence-corrected chi connectivity index (χ4v) is 5.29. The molecule has 32 heavy (non-hydrogen) atoms. The Balaban J connectivity index is 1.66. The van der Waals surface area contributed by atoms with Gasteiger partial charge in [0.25, 0.3) is 5.91 Å². The number of fused-ring (bicyclic) bond motifs is 1. The van der Waals surface area contributed by atoms with Gasteiger partial charge in [0.2, 0.25) is 0 Å². The van der Waals surface area contributed by atoms with Crippen molar-refractivity contribution in [3.63, 3.8) is 0 Å². The second-order valence-electron chi connectivity index (χ2n) is 6.99. The maximum atomic E-state index is 13.5. The number of thioether (sulfide) groups is 1. The predicted molar refractivity (Wildman–Crippen MR) is 133 cm³/mol. The number of hydrogen-bond donors (Lipinski definition) is 0. The van der Waals surface area contributed by atoms with E-state index in [1.165, 1.54) is 11.3 Å². The molecule has 4 aromatic rings. The lowest BCUT2D eigenvalue weighted by Crippen LogP contribution is -2.32. The van der Waals surface area contributed by atoms with Crippen LogP contribution in [-0.4, -0.2) is 39.8 Å². The van der Waals surface area contributed by atoms with Crippen LogP contribution in [0.2, 0.25) is 5.02 Å². The van der Waals surface area contributed by atoms with E-state index in [0.29, 0.717) is 33.5 Å². The van der Waals surface area contributed by atoms with Crippen LogP contribution in [0.1, 0.15) is 23.7 Å². The molecule has 2 heterocycles. The van der Waals surface area contributed by atoms with Crippen molar-refractivity contribution in [3.8, 4) is 5.75 Å². The molecule has 0 aliphatic heterocycles. The van der Waals surface area contributed by atoms with Crippen molar-refractivity contribution in [3.05, 3.63) is 65.7 Å². The van der Waals surface area contributed by atoms with E-state index < -0.39 is 0 Å². The fourth-order valence-electron chi connectivity index (χ4n) is 3.35. The summed E-state index contributed by atoms with van der Waals surface area (Å²) >= 11 is 9.57. The summed E-state index contributed by atoms with van der Waals surface area (Å²) in [6, 6.07) is 11.3. The van der Waals surface area contributed by atoms with Crippen molar-refractivity contribution in [2.45, 2.75) is 24.8 Å². The Morgan fingerprint density at radius 2 is 2.06 bits per heavy atom. The summed E-state index contributed by atoms with van der Waals surface area (Å²) in [6.45, 7) is 3.38. The number of anilines is 1. The van der Waals surface area contributed by atoms with E-state index in [1.807, 2.05) is 35.0 Å². The molecule has 166 valence electrons. The maximum Gasteiger partial charge on any atom is 0.260 e. The van der Waals surface area contributed by atoms with Crippen LogP contribution in [0.3, 0.4) is 0 Å². The molecule has 0 radical (unpaired) electrons. The SMILES string of the molecule is CCSc1ccc(C(=O)N(CCCn2ccnc2)c2nc3c(OC)ccc(Cl)c3s2)cc1. The van der Waals surface area contributed by atoms with Gasteiger partial charge in [0.1, 0.15) is 11.3 Å². The number of carbonyl (C=O) groups is 1. The number of imidazole rings is 1. The molecule has 0 aliphatic carbocycles. The highest BCUT2D eigenvalue weighted by Crippen LogP contribution is 2.39. The third-order valence-corrected chi connectivity index (χ3v) is 7.35. The molecule has 0 aliphatic rings. The van der Waals surface area contributed by atoms with Gasteiger partial charge in [-0.3, -0.25) is 9.69 Å². The Labute approximate surface area is 200 Å². The van der Waals surface area contributed by atoms with Crippen LogP contribution in [-0.2, 0) is 6.54 Å². The number of ether oxygens (including phenoxy) is 1. The van der Waals surface area contributed by atoms with Gasteiger partial charge in [-0.15, -0.1) is 11.8 Å². The summed E-state index contributed by atoms with van der Waals surface area (Å²) < 4.78 is 8.26. The van der Waals surface area contributed by atoms with E-state index in [0.717, 1.165) is 28.3 Å². The summed E-state index contributed by atoms with van der Waals surface area (Å²) in [5.41, 5.74) is 1.30. The highest BCUT2D eigenvalue weighted by atomic mass is 35.5. The first-order valence-corrected chi connectivity index (χ1v) is 12.4. The largest absolute Gasteiger partial charge is 0.494 e. The average Bonchev–Trinajstić information content (AvgIpc) is 3.48. The third-order valence-electron chi connectivity index (χ3n) is 4.91. The molecule has 0 fully saturated rings. The van der Waals surface area contributed by atoms with E-state index >= 15 is 0 Å². The molecule has 0 saturated heterocycles. The zero-order chi connectivity index (χ0) is 22.5. The minimum absolute atomic E-state index is 0.0853. The molecule has 2 aromatic carbocycles. The molecule has 4 rings (SSSR count). The quantitative estimate of drug-likeness (QED) is 0.271. The number of aryl methyl sites for hydroxylation is 1. The Kier molecular flexibility index (Phi) is 7.34. The Morgan fingerprint density at radius 1 is 1.25 bits per heavy atom. The molecule has 0 N–H and O–H groups in total.